The van der Waals surface area contributed by atoms with E-state index in [1.165, 1.54) is 5.56 Å². The summed E-state index contributed by atoms with van der Waals surface area (Å²) in [6, 6.07) is 14.0. The van der Waals surface area contributed by atoms with Gasteiger partial charge in [-0.2, -0.15) is 0 Å². The number of piperazine rings is 1. The minimum atomic E-state index is -0.0278. The summed E-state index contributed by atoms with van der Waals surface area (Å²) in [5.41, 5.74) is 2.28. The second-order valence-electron chi connectivity index (χ2n) is 8.88. The van der Waals surface area contributed by atoms with Gasteiger partial charge in [-0.15, -0.1) is 0 Å². The van der Waals surface area contributed by atoms with E-state index in [0.717, 1.165) is 42.4 Å². The number of carbonyl (C=O) groups excluding carboxylic acids is 1. The SMILES string of the molecule is CC(C)(C)c1ccccc1OCC(=O)N1CCN(Cc2ccc3c(c2)OCO3)CC1. The Balaban J connectivity index is 1.27. The molecule has 0 spiro atoms. The number of fused-ring (bicyclic) bond motifs is 1. The summed E-state index contributed by atoms with van der Waals surface area (Å²) in [4.78, 5) is 16.9. The van der Waals surface area contributed by atoms with Crippen molar-refractivity contribution in [2.24, 2.45) is 0 Å². The summed E-state index contributed by atoms with van der Waals surface area (Å²) < 4.78 is 16.7. The van der Waals surface area contributed by atoms with Gasteiger partial charge < -0.3 is 19.1 Å². The summed E-state index contributed by atoms with van der Waals surface area (Å²) in [5, 5.41) is 0. The van der Waals surface area contributed by atoms with E-state index in [9.17, 15) is 4.79 Å². The van der Waals surface area contributed by atoms with Gasteiger partial charge in [0, 0.05) is 32.7 Å². The summed E-state index contributed by atoms with van der Waals surface area (Å²) in [6.07, 6.45) is 0. The molecule has 30 heavy (non-hydrogen) atoms. The van der Waals surface area contributed by atoms with Crippen LogP contribution in [0.15, 0.2) is 42.5 Å². The quantitative estimate of drug-likeness (QED) is 0.756. The van der Waals surface area contributed by atoms with Gasteiger partial charge in [-0.25, -0.2) is 0 Å². The third kappa shape index (κ3) is 4.70. The molecule has 0 saturated carbocycles. The van der Waals surface area contributed by atoms with Gasteiger partial charge in [-0.1, -0.05) is 45.0 Å². The van der Waals surface area contributed by atoms with Gasteiger partial charge in [0.15, 0.2) is 18.1 Å². The van der Waals surface area contributed by atoms with Crippen LogP contribution in [0.2, 0.25) is 0 Å². The van der Waals surface area contributed by atoms with Crippen molar-refractivity contribution in [3.8, 4) is 17.2 Å². The maximum atomic E-state index is 12.7. The standard InChI is InChI=1S/C24H30N2O4/c1-24(2,3)19-6-4-5-7-20(19)28-16-23(27)26-12-10-25(11-13-26)15-18-8-9-21-22(14-18)30-17-29-21/h4-9,14H,10-13,15-17H2,1-3H3. The smallest absolute Gasteiger partial charge is 0.260 e. The summed E-state index contributed by atoms with van der Waals surface area (Å²) in [5.74, 6) is 2.46. The monoisotopic (exact) mass is 410 g/mol. The third-order valence-electron chi connectivity index (χ3n) is 5.61. The van der Waals surface area contributed by atoms with Crippen LogP contribution in [0.25, 0.3) is 0 Å². The van der Waals surface area contributed by atoms with Gasteiger partial charge in [0.2, 0.25) is 6.79 Å². The summed E-state index contributed by atoms with van der Waals surface area (Å²) >= 11 is 0. The highest BCUT2D eigenvalue weighted by molar-refractivity contribution is 5.78. The second-order valence-corrected chi connectivity index (χ2v) is 8.88. The molecule has 2 aromatic rings. The number of hydrogen-bond donors (Lipinski definition) is 0. The summed E-state index contributed by atoms with van der Waals surface area (Å²) in [7, 11) is 0. The average molecular weight is 411 g/mol. The van der Waals surface area contributed by atoms with E-state index in [4.69, 9.17) is 14.2 Å². The highest BCUT2D eigenvalue weighted by Gasteiger charge is 2.24. The van der Waals surface area contributed by atoms with E-state index in [0.29, 0.717) is 19.9 Å². The van der Waals surface area contributed by atoms with Crippen LogP contribution in [-0.2, 0) is 16.8 Å². The molecule has 0 aromatic heterocycles. The largest absolute Gasteiger partial charge is 0.483 e. The molecular weight excluding hydrogens is 380 g/mol. The van der Waals surface area contributed by atoms with Gasteiger partial charge in [-0.05, 0) is 34.7 Å². The third-order valence-corrected chi connectivity index (χ3v) is 5.61. The normalized spacial score (nSPS) is 16.6. The molecule has 160 valence electrons. The highest BCUT2D eigenvalue weighted by Crippen LogP contribution is 2.33. The van der Waals surface area contributed by atoms with E-state index >= 15 is 0 Å². The average Bonchev–Trinajstić information content (AvgIpc) is 3.20. The predicted octanol–water partition coefficient (Wildman–Crippen LogP) is 3.44. The highest BCUT2D eigenvalue weighted by atomic mass is 16.7. The van der Waals surface area contributed by atoms with Crippen molar-refractivity contribution < 1.29 is 19.0 Å². The first-order valence-corrected chi connectivity index (χ1v) is 10.5. The number of ether oxygens (including phenoxy) is 3. The molecule has 0 atom stereocenters. The van der Waals surface area contributed by atoms with Crippen molar-refractivity contribution in [1.29, 1.82) is 0 Å². The van der Waals surface area contributed by atoms with Crippen LogP contribution in [0.3, 0.4) is 0 Å². The van der Waals surface area contributed by atoms with Crippen LogP contribution < -0.4 is 14.2 Å². The summed E-state index contributed by atoms with van der Waals surface area (Å²) in [6.45, 7) is 10.8. The van der Waals surface area contributed by atoms with Crippen LogP contribution in [0.5, 0.6) is 17.2 Å². The zero-order valence-electron chi connectivity index (χ0n) is 18.0. The molecule has 2 aliphatic heterocycles. The van der Waals surface area contributed by atoms with Crippen LogP contribution in [0.1, 0.15) is 31.9 Å². The van der Waals surface area contributed by atoms with Crippen molar-refractivity contribution >= 4 is 5.91 Å². The number of carbonyl (C=O) groups is 1. The van der Waals surface area contributed by atoms with Gasteiger partial charge >= 0.3 is 0 Å². The Hall–Kier alpha value is -2.73. The maximum absolute atomic E-state index is 12.7. The molecular formula is C24H30N2O4. The van der Waals surface area contributed by atoms with Crippen molar-refractivity contribution in [3.05, 3.63) is 53.6 Å². The first kappa shape index (κ1) is 20.5. The van der Waals surface area contributed by atoms with E-state index in [1.54, 1.807) is 0 Å². The lowest BCUT2D eigenvalue weighted by Gasteiger charge is -2.34. The Morgan fingerprint density at radius 1 is 1.00 bits per heavy atom. The molecule has 6 heteroatoms. The maximum Gasteiger partial charge on any atom is 0.260 e. The van der Waals surface area contributed by atoms with Crippen LogP contribution in [0, 0.1) is 0 Å². The first-order chi connectivity index (χ1) is 14.4. The molecule has 0 N–H and O–H groups in total. The Labute approximate surface area is 178 Å². The Morgan fingerprint density at radius 2 is 1.73 bits per heavy atom. The van der Waals surface area contributed by atoms with E-state index in [-0.39, 0.29) is 17.9 Å². The zero-order chi connectivity index (χ0) is 21.1. The fourth-order valence-electron chi connectivity index (χ4n) is 3.90. The van der Waals surface area contributed by atoms with Crippen molar-refractivity contribution in [3.63, 3.8) is 0 Å². The van der Waals surface area contributed by atoms with Crippen LogP contribution >= 0.6 is 0 Å². The molecule has 2 heterocycles. The number of nitrogens with zero attached hydrogens (tertiary/aromatic N) is 2. The lowest BCUT2D eigenvalue weighted by molar-refractivity contribution is -0.135. The first-order valence-electron chi connectivity index (χ1n) is 10.5. The lowest BCUT2D eigenvalue weighted by Crippen LogP contribution is -2.49. The Bertz CT molecular complexity index is 898. The molecule has 4 rings (SSSR count). The molecule has 1 amide bonds. The molecule has 0 bridgehead atoms. The Kier molecular flexibility index (Phi) is 5.86. The molecule has 0 radical (unpaired) electrons. The van der Waals surface area contributed by atoms with Gasteiger partial charge in [-0.3, -0.25) is 9.69 Å². The second kappa shape index (κ2) is 8.56. The van der Waals surface area contributed by atoms with E-state index in [2.05, 4.69) is 37.8 Å². The molecule has 0 aliphatic carbocycles. The van der Waals surface area contributed by atoms with Crippen molar-refractivity contribution in [1.82, 2.24) is 9.80 Å². The van der Waals surface area contributed by atoms with E-state index < -0.39 is 0 Å². The molecule has 6 nitrogen and oxygen atoms in total. The van der Waals surface area contributed by atoms with E-state index in [1.807, 2.05) is 35.2 Å². The number of hydrogen-bond acceptors (Lipinski definition) is 5. The number of benzene rings is 2. The number of amides is 1. The van der Waals surface area contributed by atoms with Gasteiger partial charge in [0.25, 0.3) is 5.91 Å². The van der Waals surface area contributed by atoms with Crippen molar-refractivity contribution in [2.45, 2.75) is 32.7 Å². The number of para-hydroxylation sites is 1. The van der Waals surface area contributed by atoms with Gasteiger partial charge in [0.1, 0.15) is 5.75 Å². The Morgan fingerprint density at radius 3 is 2.50 bits per heavy atom. The number of rotatable bonds is 5. The molecule has 2 aromatic carbocycles. The molecule has 0 unspecified atom stereocenters. The zero-order valence-corrected chi connectivity index (χ0v) is 18.0. The molecule has 1 fully saturated rings. The topological polar surface area (TPSA) is 51.2 Å². The minimum Gasteiger partial charge on any atom is -0.483 e. The fourth-order valence-corrected chi connectivity index (χ4v) is 3.90. The molecule has 1 saturated heterocycles. The van der Waals surface area contributed by atoms with Crippen LogP contribution in [0.4, 0.5) is 0 Å². The lowest BCUT2D eigenvalue weighted by atomic mass is 9.86. The predicted molar refractivity (Wildman–Crippen MR) is 115 cm³/mol. The van der Waals surface area contributed by atoms with Crippen molar-refractivity contribution in [2.75, 3.05) is 39.6 Å². The van der Waals surface area contributed by atoms with Gasteiger partial charge in [0.05, 0.1) is 0 Å². The molecule has 2 aliphatic rings. The van der Waals surface area contributed by atoms with Crippen LogP contribution in [-0.4, -0.2) is 55.3 Å². The fraction of sp³-hybridized carbons (Fsp3) is 0.458. The minimum absolute atomic E-state index is 0.0278.